The molecule has 0 unspecified atom stereocenters. The quantitative estimate of drug-likeness (QED) is 0.551. The van der Waals surface area contributed by atoms with Crippen LogP contribution in [0.1, 0.15) is 24.5 Å². The third-order valence-electron chi connectivity index (χ3n) is 4.69. The van der Waals surface area contributed by atoms with Crippen LogP contribution in [-0.2, 0) is 20.9 Å². The zero-order chi connectivity index (χ0) is 18.8. The molecule has 1 aliphatic rings. The van der Waals surface area contributed by atoms with Crippen molar-refractivity contribution < 1.29 is 14.3 Å². The number of nitrogens with one attached hydrogen (secondary N) is 1. The van der Waals surface area contributed by atoms with Gasteiger partial charge in [-0.1, -0.05) is 36.4 Å². The molecule has 4 rings (SSSR count). The highest BCUT2D eigenvalue weighted by Gasteiger charge is 2.23. The predicted molar refractivity (Wildman–Crippen MR) is 106 cm³/mol. The van der Waals surface area contributed by atoms with Gasteiger partial charge >= 0.3 is 5.97 Å². The molecular weight excluding hydrogens is 340 g/mol. The highest BCUT2D eigenvalue weighted by atomic mass is 16.5. The molecule has 0 saturated heterocycles. The number of hydrogen-bond acceptors (Lipinski definition) is 3. The van der Waals surface area contributed by atoms with Gasteiger partial charge in [0.05, 0.1) is 13.0 Å². The van der Waals surface area contributed by atoms with E-state index in [4.69, 9.17) is 4.74 Å². The molecule has 0 aliphatic carbocycles. The number of amides is 1. The van der Waals surface area contributed by atoms with Gasteiger partial charge < -0.3 is 14.6 Å². The van der Waals surface area contributed by atoms with Crippen LogP contribution in [0.4, 0.5) is 5.69 Å². The van der Waals surface area contributed by atoms with Crippen LogP contribution in [-0.4, -0.2) is 23.1 Å². The zero-order valence-corrected chi connectivity index (χ0v) is 15.1. The molecule has 0 spiro atoms. The van der Waals surface area contributed by atoms with Crippen LogP contribution in [0.15, 0.2) is 54.7 Å². The molecule has 1 aromatic heterocycles. The second-order valence-electron chi connectivity index (χ2n) is 6.41. The van der Waals surface area contributed by atoms with E-state index in [-0.39, 0.29) is 11.9 Å². The average Bonchev–Trinajstić information content (AvgIpc) is 3.19. The summed E-state index contributed by atoms with van der Waals surface area (Å²) in [7, 11) is 0. The minimum absolute atomic E-state index is 0.0976. The maximum absolute atomic E-state index is 12.4. The highest BCUT2D eigenvalue weighted by molar-refractivity contribution is 6.35. The van der Waals surface area contributed by atoms with Gasteiger partial charge in [-0.05, 0) is 25.1 Å². The molecule has 2 heterocycles. The monoisotopic (exact) mass is 360 g/mol. The van der Waals surface area contributed by atoms with Gasteiger partial charge in [-0.25, -0.2) is 0 Å². The predicted octanol–water partition coefficient (Wildman–Crippen LogP) is 4.09. The molecular formula is C22H20N2O3. The van der Waals surface area contributed by atoms with Crippen molar-refractivity contribution in [3.05, 3.63) is 65.9 Å². The Kier molecular flexibility index (Phi) is 4.50. The average molecular weight is 360 g/mol. The summed E-state index contributed by atoms with van der Waals surface area (Å²) >= 11 is 0. The summed E-state index contributed by atoms with van der Waals surface area (Å²) in [4.78, 5) is 24.1. The van der Waals surface area contributed by atoms with Crippen molar-refractivity contribution in [2.24, 2.45) is 0 Å². The first kappa shape index (κ1) is 17.1. The van der Waals surface area contributed by atoms with E-state index >= 15 is 0 Å². The fourth-order valence-electron chi connectivity index (χ4n) is 3.46. The molecule has 5 nitrogen and oxygen atoms in total. The minimum Gasteiger partial charge on any atom is -0.466 e. The summed E-state index contributed by atoms with van der Waals surface area (Å²) in [6.07, 6.45) is 4.22. The third kappa shape index (κ3) is 3.24. The molecule has 0 bridgehead atoms. The topological polar surface area (TPSA) is 60.3 Å². The van der Waals surface area contributed by atoms with Crippen molar-refractivity contribution in [2.75, 3.05) is 11.9 Å². The Morgan fingerprint density at radius 3 is 2.78 bits per heavy atom. The lowest BCUT2D eigenvalue weighted by Gasteiger charge is -2.04. The summed E-state index contributed by atoms with van der Waals surface area (Å²) < 4.78 is 7.07. The molecule has 1 aliphatic heterocycles. The number of anilines is 1. The van der Waals surface area contributed by atoms with Crippen molar-refractivity contribution in [1.82, 2.24) is 4.57 Å². The Balaban J connectivity index is 1.73. The summed E-state index contributed by atoms with van der Waals surface area (Å²) in [6.45, 7) is 2.72. The Morgan fingerprint density at radius 2 is 1.93 bits per heavy atom. The Bertz CT molecular complexity index is 1060. The van der Waals surface area contributed by atoms with E-state index in [1.807, 2.05) is 65.4 Å². The van der Waals surface area contributed by atoms with Crippen LogP contribution in [0.3, 0.4) is 0 Å². The number of para-hydroxylation sites is 2. The van der Waals surface area contributed by atoms with Gasteiger partial charge in [0.2, 0.25) is 0 Å². The van der Waals surface area contributed by atoms with Crippen LogP contribution in [0.2, 0.25) is 0 Å². The van der Waals surface area contributed by atoms with E-state index in [1.165, 1.54) is 0 Å². The van der Waals surface area contributed by atoms with E-state index in [0.717, 1.165) is 27.7 Å². The molecule has 1 amide bonds. The van der Waals surface area contributed by atoms with Gasteiger partial charge in [0.25, 0.3) is 5.91 Å². The third-order valence-corrected chi connectivity index (χ3v) is 4.69. The molecule has 0 fully saturated rings. The van der Waals surface area contributed by atoms with Gasteiger partial charge in [0.1, 0.15) is 0 Å². The molecule has 27 heavy (non-hydrogen) atoms. The normalized spacial score (nSPS) is 14.4. The SMILES string of the molecule is CCOC(=O)CCn1cc(C=C2C(=O)Nc3ccccc32)c2ccccc21. The van der Waals surface area contributed by atoms with E-state index < -0.39 is 0 Å². The van der Waals surface area contributed by atoms with Crippen molar-refractivity contribution in [1.29, 1.82) is 0 Å². The highest BCUT2D eigenvalue weighted by Crippen LogP contribution is 2.34. The van der Waals surface area contributed by atoms with Gasteiger partial charge in [0, 0.05) is 46.0 Å². The van der Waals surface area contributed by atoms with E-state index in [0.29, 0.717) is 25.1 Å². The van der Waals surface area contributed by atoms with Crippen molar-refractivity contribution in [2.45, 2.75) is 19.9 Å². The number of benzene rings is 2. The number of aryl methyl sites for hydroxylation is 1. The first-order valence-electron chi connectivity index (χ1n) is 9.03. The van der Waals surface area contributed by atoms with Crippen LogP contribution >= 0.6 is 0 Å². The number of nitrogens with zero attached hydrogens (tertiary/aromatic N) is 1. The minimum atomic E-state index is -0.209. The molecule has 0 atom stereocenters. The first-order valence-corrected chi connectivity index (χ1v) is 9.03. The number of rotatable bonds is 5. The second-order valence-corrected chi connectivity index (χ2v) is 6.41. The number of aromatic nitrogens is 1. The molecule has 5 heteroatoms. The van der Waals surface area contributed by atoms with E-state index in [1.54, 1.807) is 6.92 Å². The molecule has 0 saturated carbocycles. The molecule has 3 aromatic rings. The van der Waals surface area contributed by atoms with E-state index in [2.05, 4.69) is 5.32 Å². The summed E-state index contributed by atoms with van der Waals surface area (Å²) in [5, 5.41) is 3.95. The zero-order valence-electron chi connectivity index (χ0n) is 15.1. The fraction of sp³-hybridized carbons (Fsp3) is 0.182. The van der Waals surface area contributed by atoms with Crippen LogP contribution in [0, 0.1) is 0 Å². The largest absolute Gasteiger partial charge is 0.466 e. The first-order chi connectivity index (χ1) is 13.2. The van der Waals surface area contributed by atoms with Gasteiger partial charge in [-0.3, -0.25) is 9.59 Å². The fourth-order valence-corrected chi connectivity index (χ4v) is 3.46. The molecule has 136 valence electrons. The number of fused-ring (bicyclic) bond motifs is 2. The summed E-state index contributed by atoms with van der Waals surface area (Å²) in [6, 6.07) is 15.7. The number of hydrogen-bond donors (Lipinski definition) is 1. The summed E-state index contributed by atoms with van der Waals surface area (Å²) in [5.74, 6) is -0.307. The van der Waals surface area contributed by atoms with Crippen LogP contribution < -0.4 is 5.32 Å². The number of carbonyl (C=O) groups excluding carboxylic acids is 2. The van der Waals surface area contributed by atoms with Gasteiger partial charge in [0.15, 0.2) is 0 Å². The van der Waals surface area contributed by atoms with Crippen LogP contribution in [0.25, 0.3) is 22.6 Å². The Labute approximate surface area is 157 Å². The Hall–Kier alpha value is -3.34. The molecule has 0 radical (unpaired) electrons. The number of carbonyl (C=O) groups is 2. The summed E-state index contributed by atoms with van der Waals surface area (Å²) in [5.41, 5.74) is 4.38. The lowest BCUT2D eigenvalue weighted by Crippen LogP contribution is -2.08. The van der Waals surface area contributed by atoms with Crippen molar-refractivity contribution in [3.63, 3.8) is 0 Å². The van der Waals surface area contributed by atoms with Crippen LogP contribution in [0.5, 0.6) is 0 Å². The van der Waals surface area contributed by atoms with Gasteiger partial charge in [-0.2, -0.15) is 0 Å². The lowest BCUT2D eigenvalue weighted by atomic mass is 10.0. The number of esters is 1. The second kappa shape index (κ2) is 7.11. The standard InChI is InChI=1S/C22H20N2O3/c1-2-27-21(25)11-12-24-14-15(16-7-4-6-10-20(16)24)13-18-17-8-3-5-9-19(17)23-22(18)26/h3-10,13-14H,2,11-12H2,1H3,(H,23,26). The maximum atomic E-state index is 12.4. The van der Waals surface area contributed by atoms with E-state index in [9.17, 15) is 9.59 Å². The van der Waals surface area contributed by atoms with Crippen molar-refractivity contribution >= 4 is 40.1 Å². The molecule has 2 aromatic carbocycles. The lowest BCUT2D eigenvalue weighted by molar-refractivity contribution is -0.143. The number of ether oxygens (including phenoxy) is 1. The van der Waals surface area contributed by atoms with Crippen molar-refractivity contribution in [3.8, 4) is 0 Å². The molecule has 1 N–H and O–H groups in total. The maximum Gasteiger partial charge on any atom is 0.307 e. The Morgan fingerprint density at radius 1 is 1.15 bits per heavy atom. The van der Waals surface area contributed by atoms with Gasteiger partial charge in [-0.15, -0.1) is 0 Å². The smallest absolute Gasteiger partial charge is 0.307 e.